The van der Waals surface area contributed by atoms with Crippen LogP contribution in [-0.4, -0.2) is 18.0 Å². The third-order valence-electron chi connectivity index (χ3n) is 4.39. The normalized spacial score (nSPS) is 16.0. The highest BCUT2D eigenvalue weighted by molar-refractivity contribution is 6.30. The van der Waals surface area contributed by atoms with Gasteiger partial charge >= 0.3 is 0 Å². The van der Waals surface area contributed by atoms with Crippen LogP contribution in [0.3, 0.4) is 0 Å². The number of hydrazine groups is 1. The molecule has 6 heteroatoms. The lowest BCUT2D eigenvalue weighted by Crippen LogP contribution is -2.39. The zero-order valence-electron chi connectivity index (χ0n) is 14.6. The SMILES string of the molecule is COc1ccccc1C1=C[C@@H](c2ccco2)N(C(=O)c2ccc(Cl)cc2)N1. The molecular weight excluding hydrogens is 364 g/mol. The average Bonchev–Trinajstić information content (AvgIpc) is 3.37. The van der Waals surface area contributed by atoms with E-state index < -0.39 is 0 Å². The second kappa shape index (κ2) is 7.21. The van der Waals surface area contributed by atoms with Crippen LogP contribution in [0.15, 0.2) is 77.4 Å². The molecule has 0 fully saturated rings. The molecule has 1 aliphatic rings. The van der Waals surface area contributed by atoms with E-state index in [0.29, 0.717) is 16.3 Å². The number of furan rings is 1. The summed E-state index contributed by atoms with van der Waals surface area (Å²) in [5, 5.41) is 2.13. The molecule has 1 atom stereocenters. The number of nitrogens with zero attached hydrogens (tertiary/aromatic N) is 1. The Morgan fingerprint density at radius 1 is 1.11 bits per heavy atom. The first-order valence-electron chi connectivity index (χ1n) is 8.42. The largest absolute Gasteiger partial charge is 0.496 e. The maximum absolute atomic E-state index is 13.1. The van der Waals surface area contributed by atoms with E-state index in [1.807, 2.05) is 36.4 Å². The summed E-state index contributed by atoms with van der Waals surface area (Å²) >= 11 is 5.94. The van der Waals surface area contributed by atoms with Gasteiger partial charge in [0.1, 0.15) is 17.6 Å². The molecule has 1 amide bonds. The Labute approximate surface area is 161 Å². The van der Waals surface area contributed by atoms with Gasteiger partial charge in [-0.3, -0.25) is 10.2 Å². The fourth-order valence-corrected chi connectivity index (χ4v) is 3.19. The van der Waals surface area contributed by atoms with E-state index in [0.717, 1.165) is 17.0 Å². The highest BCUT2D eigenvalue weighted by Gasteiger charge is 2.33. The minimum absolute atomic E-state index is 0.186. The molecule has 4 rings (SSSR count). The predicted octanol–water partition coefficient (Wildman–Crippen LogP) is 4.68. The molecule has 0 saturated heterocycles. The van der Waals surface area contributed by atoms with Crippen molar-refractivity contribution in [1.82, 2.24) is 10.4 Å². The molecule has 5 nitrogen and oxygen atoms in total. The molecule has 27 heavy (non-hydrogen) atoms. The van der Waals surface area contributed by atoms with Crippen LogP contribution in [0.1, 0.15) is 27.7 Å². The van der Waals surface area contributed by atoms with Crippen LogP contribution < -0.4 is 10.2 Å². The average molecular weight is 381 g/mol. The number of para-hydroxylation sites is 1. The fourth-order valence-electron chi connectivity index (χ4n) is 3.06. The fraction of sp³-hybridized carbons (Fsp3) is 0.0952. The van der Waals surface area contributed by atoms with E-state index in [9.17, 15) is 4.79 Å². The van der Waals surface area contributed by atoms with Gasteiger partial charge in [0.25, 0.3) is 5.91 Å². The zero-order valence-corrected chi connectivity index (χ0v) is 15.3. The first kappa shape index (κ1) is 17.2. The van der Waals surface area contributed by atoms with Gasteiger partial charge in [-0.05, 0) is 54.6 Å². The maximum atomic E-state index is 13.1. The highest BCUT2D eigenvalue weighted by atomic mass is 35.5. The summed E-state index contributed by atoms with van der Waals surface area (Å²) in [6.07, 6.45) is 3.54. The lowest BCUT2D eigenvalue weighted by molar-refractivity contribution is 0.0654. The Hall–Kier alpha value is -3.18. The van der Waals surface area contributed by atoms with Crippen LogP contribution in [0, 0.1) is 0 Å². The number of methoxy groups -OCH3 is 1. The Morgan fingerprint density at radius 2 is 1.89 bits per heavy atom. The van der Waals surface area contributed by atoms with Crippen molar-refractivity contribution in [2.24, 2.45) is 0 Å². The van der Waals surface area contributed by atoms with Crippen molar-refractivity contribution < 1.29 is 13.9 Å². The van der Waals surface area contributed by atoms with Gasteiger partial charge in [-0.25, -0.2) is 5.01 Å². The first-order valence-corrected chi connectivity index (χ1v) is 8.79. The second-order valence-electron chi connectivity index (χ2n) is 6.03. The number of rotatable bonds is 4. The molecule has 1 aliphatic heterocycles. The van der Waals surface area contributed by atoms with Crippen molar-refractivity contribution in [3.05, 3.63) is 94.9 Å². The van der Waals surface area contributed by atoms with Crippen LogP contribution in [0.25, 0.3) is 5.70 Å². The van der Waals surface area contributed by atoms with Gasteiger partial charge in [0.15, 0.2) is 0 Å². The highest BCUT2D eigenvalue weighted by Crippen LogP contribution is 2.35. The molecule has 0 saturated carbocycles. The van der Waals surface area contributed by atoms with E-state index in [-0.39, 0.29) is 11.9 Å². The zero-order chi connectivity index (χ0) is 18.8. The number of carbonyl (C=O) groups excluding carboxylic acids is 1. The Morgan fingerprint density at radius 3 is 2.59 bits per heavy atom. The van der Waals surface area contributed by atoms with E-state index in [2.05, 4.69) is 5.43 Å². The number of halogens is 1. The van der Waals surface area contributed by atoms with Gasteiger partial charge in [0.2, 0.25) is 0 Å². The summed E-state index contributed by atoms with van der Waals surface area (Å²) in [5.41, 5.74) is 5.37. The van der Waals surface area contributed by atoms with Gasteiger partial charge in [0, 0.05) is 16.1 Å². The van der Waals surface area contributed by atoms with Crippen molar-refractivity contribution in [2.45, 2.75) is 6.04 Å². The molecule has 0 aliphatic carbocycles. The van der Waals surface area contributed by atoms with Crippen LogP contribution in [-0.2, 0) is 0 Å². The van der Waals surface area contributed by atoms with Crippen LogP contribution in [0.4, 0.5) is 0 Å². The van der Waals surface area contributed by atoms with Gasteiger partial charge < -0.3 is 9.15 Å². The standard InChI is InChI=1S/C21H17ClN2O3/c1-26-19-6-3-2-5-16(19)17-13-18(20-7-4-12-27-20)24(23-17)21(25)14-8-10-15(22)11-9-14/h2-13,18,23H,1H3/t18-/m0/s1. The Balaban J connectivity index is 1.72. The molecule has 136 valence electrons. The van der Waals surface area contributed by atoms with E-state index in [1.165, 1.54) is 0 Å². The summed E-state index contributed by atoms with van der Waals surface area (Å²) in [6.45, 7) is 0. The number of nitrogens with one attached hydrogen (secondary N) is 1. The number of benzene rings is 2. The lowest BCUT2D eigenvalue weighted by atomic mass is 10.1. The predicted molar refractivity (Wildman–Crippen MR) is 103 cm³/mol. The molecule has 2 heterocycles. The van der Waals surface area contributed by atoms with Crippen LogP contribution in [0.2, 0.25) is 5.02 Å². The third-order valence-corrected chi connectivity index (χ3v) is 4.64. The van der Waals surface area contributed by atoms with Crippen LogP contribution >= 0.6 is 11.6 Å². The lowest BCUT2D eigenvalue weighted by Gasteiger charge is -2.24. The maximum Gasteiger partial charge on any atom is 0.273 e. The molecule has 1 aromatic heterocycles. The van der Waals surface area contributed by atoms with E-state index >= 15 is 0 Å². The third kappa shape index (κ3) is 3.29. The molecule has 0 spiro atoms. The van der Waals surface area contributed by atoms with Crippen molar-refractivity contribution in [2.75, 3.05) is 7.11 Å². The quantitative estimate of drug-likeness (QED) is 0.713. The molecular formula is C21H17ClN2O3. The molecule has 0 unspecified atom stereocenters. The topological polar surface area (TPSA) is 54.7 Å². The summed E-state index contributed by atoms with van der Waals surface area (Å²) in [7, 11) is 1.62. The van der Waals surface area contributed by atoms with Crippen molar-refractivity contribution in [3.63, 3.8) is 0 Å². The van der Waals surface area contributed by atoms with Gasteiger partial charge in [-0.1, -0.05) is 23.7 Å². The number of amides is 1. The van der Waals surface area contributed by atoms with Gasteiger partial charge in [-0.2, -0.15) is 0 Å². The number of ether oxygens (including phenoxy) is 1. The molecule has 0 bridgehead atoms. The summed E-state index contributed by atoms with van der Waals surface area (Å²) in [6, 6.07) is 17.7. The molecule has 0 radical (unpaired) electrons. The number of hydrogen-bond acceptors (Lipinski definition) is 4. The van der Waals surface area contributed by atoms with E-state index in [4.69, 9.17) is 20.8 Å². The minimum Gasteiger partial charge on any atom is -0.496 e. The first-order chi connectivity index (χ1) is 13.2. The van der Waals surface area contributed by atoms with E-state index in [1.54, 1.807) is 48.7 Å². The Kier molecular flexibility index (Phi) is 4.60. The smallest absolute Gasteiger partial charge is 0.273 e. The van der Waals surface area contributed by atoms with Crippen molar-refractivity contribution in [3.8, 4) is 5.75 Å². The van der Waals surface area contributed by atoms with Gasteiger partial charge in [-0.15, -0.1) is 0 Å². The number of carbonyl (C=O) groups is 1. The summed E-state index contributed by atoms with van der Waals surface area (Å²) < 4.78 is 11.0. The Bertz CT molecular complexity index is 981. The molecule has 3 aromatic rings. The monoisotopic (exact) mass is 380 g/mol. The van der Waals surface area contributed by atoms with Gasteiger partial charge in [0.05, 0.1) is 19.1 Å². The van der Waals surface area contributed by atoms with Crippen LogP contribution in [0.5, 0.6) is 5.75 Å². The second-order valence-corrected chi connectivity index (χ2v) is 6.47. The van der Waals surface area contributed by atoms with Crippen molar-refractivity contribution in [1.29, 1.82) is 0 Å². The summed E-state index contributed by atoms with van der Waals surface area (Å²) in [5.74, 6) is 1.19. The molecule has 1 N–H and O–H groups in total. The summed E-state index contributed by atoms with van der Waals surface area (Å²) in [4.78, 5) is 13.1. The minimum atomic E-state index is -0.386. The molecule has 2 aromatic carbocycles. The number of hydrogen-bond donors (Lipinski definition) is 1. The van der Waals surface area contributed by atoms with Crippen molar-refractivity contribution >= 4 is 23.2 Å².